The molecule has 0 aliphatic carbocycles. The molecule has 0 saturated carbocycles. The van der Waals surface area contributed by atoms with Gasteiger partial charge in [0, 0.05) is 42.3 Å². The molecule has 0 aliphatic heterocycles. The van der Waals surface area contributed by atoms with Crippen molar-refractivity contribution in [2.45, 2.75) is 6.54 Å². The summed E-state index contributed by atoms with van der Waals surface area (Å²) < 4.78 is 24.8. The Bertz CT molecular complexity index is 1650. The van der Waals surface area contributed by atoms with Crippen LogP contribution >= 0.6 is 0 Å². The summed E-state index contributed by atoms with van der Waals surface area (Å²) in [5.74, 6) is 1.52. The third-order valence-corrected chi connectivity index (χ3v) is 7.17. The van der Waals surface area contributed by atoms with Crippen LogP contribution in [-0.2, 0) is 16.4 Å². The average Bonchev–Trinajstić information content (AvgIpc) is 3.30. The minimum absolute atomic E-state index is 0.143. The van der Waals surface area contributed by atoms with Crippen LogP contribution in [0.15, 0.2) is 73.3 Å². The van der Waals surface area contributed by atoms with E-state index in [2.05, 4.69) is 54.9 Å². The minimum atomic E-state index is -2.98. The van der Waals surface area contributed by atoms with Gasteiger partial charge >= 0.3 is 0 Å². The third kappa shape index (κ3) is 6.42. The molecule has 5 rings (SSSR count). The van der Waals surface area contributed by atoms with Crippen molar-refractivity contribution >= 4 is 49.0 Å². The molecule has 0 saturated heterocycles. The molecule has 2 N–H and O–H groups in total. The fourth-order valence-corrected chi connectivity index (χ4v) is 4.79. The molecule has 3 aromatic heterocycles. The van der Waals surface area contributed by atoms with Gasteiger partial charge in [0.15, 0.2) is 0 Å². The van der Waals surface area contributed by atoms with E-state index in [0.29, 0.717) is 37.8 Å². The molecule has 3 heterocycles. The summed E-state index contributed by atoms with van der Waals surface area (Å²) in [6, 6.07) is 18.3. The second-order valence-corrected chi connectivity index (χ2v) is 11.6. The van der Waals surface area contributed by atoms with Gasteiger partial charge in [0.25, 0.3) is 0 Å². The predicted octanol–water partition coefficient (Wildman–Crippen LogP) is 3.55. The molecule has 2 aromatic carbocycles. The Morgan fingerprint density at radius 2 is 1.82 bits per heavy atom. The van der Waals surface area contributed by atoms with Crippen molar-refractivity contribution in [2.24, 2.45) is 0 Å². The first-order chi connectivity index (χ1) is 18.3. The van der Waals surface area contributed by atoms with Crippen LogP contribution in [0.2, 0.25) is 0 Å². The van der Waals surface area contributed by atoms with Crippen LogP contribution in [0, 0.1) is 0 Å². The molecule has 10 nitrogen and oxygen atoms in total. The van der Waals surface area contributed by atoms with E-state index in [-0.39, 0.29) is 5.75 Å². The zero-order valence-corrected chi connectivity index (χ0v) is 22.2. The number of rotatable bonds is 11. The normalized spacial score (nSPS) is 11.9. The molecular formula is C27H30N8O2S. The zero-order valence-electron chi connectivity index (χ0n) is 21.4. The lowest BCUT2D eigenvalue weighted by atomic mass is 10.2. The highest BCUT2D eigenvalue weighted by Gasteiger charge is 2.10. The van der Waals surface area contributed by atoms with Crippen molar-refractivity contribution in [3.8, 4) is 0 Å². The van der Waals surface area contributed by atoms with Gasteiger partial charge in [-0.2, -0.15) is 5.10 Å². The van der Waals surface area contributed by atoms with E-state index in [0.717, 1.165) is 27.5 Å². The number of hydrogen-bond donors (Lipinski definition) is 2. The SMILES string of the molecule is CN(CCNc1cc2c(Nc3ccc4c(cnn4Cc4ccccc4)c3)ncnc2cn1)CCS(C)(=O)=O. The number of fused-ring (bicyclic) bond motifs is 2. The molecule has 0 amide bonds. The quantitative estimate of drug-likeness (QED) is 0.264. The van der Waals surface area contributed by atoms with Gasteiger partial charge in [0.1, 0.15) is 27.8 Å². The monoisotopic (exact) mass is 530 g/mol. The minimum Gasteiger partial charge on any atom is -0.369 e. The number of anilines is 3. The van der Waals surface area contributed by atoms with Crippen molar-refractivity contribution in [2.75, 3.05) is 49.3 Å². The number of aromatic nitrogens is 5. The molecule has 0 fully saturated rings. The van der Waals surface area contributed by atoms with E-state index in [1.807, 2.05) is 53.2 Å². The maximum Gasteiger partial charge on any atom is 0.148 e. The predicted molar refractivity (Wildman–Crippen MR) is 152 cm³/mol. The van der Waals surface area contributed by atoms with E-state index in [1.54, 1.807) is 6.20 Å². The molecule has 38 heavy (non-hydrogen) atoms. The van der Waals surface area contributed by atoms with E-state index < -0.39 is 9.84 Å². The molecule has 0 spiro atoms. The summed E-state index contributed by atoms with van der Waals surface area (Å²) in [4.78, 5) is 15.3. The van der Waals surface area contributed by atoms with E-state index in [4.69, 9.17) is 0 Å². The van der Waals surface area contributed by atoms with Crippen LogP contribution in [0.5, 0.6) is 0 Å². The smallest absolute Gasteiger partial charge is 0.148 e. The second kappa shape index (κ2) is 11.1. The molecule has 0 unspecified atom stereocenters. The van der Waals surface area contributed by atoms with Crippen LogP contribution in [0.4, 0.5) is 17.3 Å². The molecule has 0 radical (unpaired) electrons. The van der Waals surface area contributed by atoms with Gasteiger partial charge in [-0.15, -0.1) is 0 Å². The second-order valence-electron chi connectivity index (χ2n) is 9.36. The maximum absolute atomic E-state index is 11.4. The van der Waals surface area contributed by atoms with Gasteiger partial charge < -0.3 is 15.5 Å². The zero-order chi connectivity index (χ0) is 26.5. The number of sulfone groups is 1. The van der Waals surface area contributed by atoms with Gasteiger partial charge in [-0.1, -0.05) is 30.3 Å². The summed E-state index contributed by atoms with van der Waals surface area (Å²) >= 11 is 0. The number of nitrogens with one attached hydrogen (secondary N) is 2. The van der Waals surface area contributed by atoms with Crippen molar-refractivity contribution in [1.82, 2.24) is 29.6 Å². The van der Waals surface area contributed by atoms with E-state index >= 15 is 0 Å². The van der Waals surface area contributed by atoms with Gasteiger partial charge in [0.05, 0.1) is 35.7 Å². The largest absolute Gasteiger partial charge is 0.369 e. The number of benzene rings is 2. The van der Waals surface area contributed by atoms with Crippen molar-refractivity contribution in [3.63, 3.8) is 0 Å². The number of nitrogens with zero attached hydrogens (tertiary/aromatic N) is 6. The standard InChI is InChI=1S/C27H30N8O2S/c1-34(12-13-38(2,36)37)11-10-28-26-15-23-24(17-29-26)30-19-31-27(23)33-22-8-9-25-21(14-22)16-32-35(25)18-20-6-4-3-5-7-20/h3-9,14-17,19H,10-13,18H2,1-2H3,(H,28,29)(H,30,31,33). The summed E-state index contributed by atoms with van der Waals surface area (Å²) in [6.45, 7) is 2.51. The van der Waals surface area contributed by atoms with Crippen LogP contribution in [0.25, 0.3) is 21.8 Å². The Morgan fingerprint density at radius 1 is 0.974 bits per heavy atom. The first-order valence-corrected chi connectivity index (χ1v) is 14.4. The Labute approximate surface area is 221 Å². The first kappa shape index (κ1) is 25.6. The van der Waals surface area contributed by atoms with Crippen LogP contribution in [0.1, 0.15) is 5.56 Å². The van der Waals surface area contributed by atoms with E-state index in [9.17, 15) is 8.42 Å². The van der Waals surface area contributed by atoms with Gasteiger partial charge in [-0.3, -0.25) is 4.68 Å². The average molecular weight is 531 g/mol. The molecule has 5 aromatic rings. The van der Waals surface area contributed by atoms with Crippen molar-refractivity contribution in [3.05, 3.63) is 78.9 Å². The van der Waals surface area contributed by atoms with Gasteiger partial charge in [-0.25, -0.2) is 23.4 Å². The highest BCUT2D eigenvalue weighted by atomic mass is 32.2. The third-order valence-electron chi connectivity index (χ3n) is 6.24. The topological polar surface area (TPSA) is 118 Å². The highest BCUT2D eigenvalue weighted by molar-refractivity contribution is 7.90. The molecule has 11 heteroatoms. The van der Waals surface area contributed by atoms with Gasteiger partial charge in [-0.05, 0) is 36.9 Å². The van der Waals surface area contributed by atoms with E-state index in [1.165, 1.54) is 18.1 Å². The summed E-state index contributed by atoms with van der Waals surface area (Å²) in [5.41, 5.74) is 3.89. The van der Waals surface area contributed by atoms with Gasteiger partial charge in [0.2, 0.25) is 0 Å². The highest BCUT2D eigenvalue weighted by Crippen LogP contribution is 2.27. The molecular weight excluding hydrogens is 500 g/mol. The number of hydrogen-bond acceptors (Lipinski definition) is 9. The van der Waals surface area contributed by atoms with Crippen LogP contribution in [0.3, 0.4) is 0 Å². The summed E-state index contributed by atoms with van der Waals surface area (Å²) in [7, 11) is -1.07. The van der Waals surface area contributed by atoms with Crippen molar-refractivity contribution < 1.29 is 8.42 Å². The lowest BCUT2D eigenvalue weighted by Gasteiger charge is -2.16. The molecule has 0 aliphatic rings. The maximum atomic E-state index is 11.4. The lowest BCUT2D eigenvalue weighted by molar-refractivity contribution is 0.367. The Balaban J connectivity index is 1.28. The number of pyridine rings is 1. The Hall–Kier alpha value is -4.09. The summed E-state index contributed by atoms with van der Waals surface area (Å²) in [5, 5.41) is 13.2. The molecule has 0 atom stereocenters. The molecule has 0 bridgehead atoms. The van der Waals surface area contributed by atoms with Crippen molar-refractivity contribution in [1.29, 1.82) is 0 Å². The van der Waals surface area contributed by atoms with Crippen LogP contribution in [-0.4, -0.2) is 76.7 Å². The first-order valence-electron chi connectivity index (χ1n) is 12.3. The van der Waals surface area contributed by atoms with Crippen LogP contribution < -0.4 is 10.6 Å². The summed E-state index contributed by atoms with van der Waals surface area (Å²) in [6.07, 6.45) is 6.37. The Kier molecular flexibility index (Phi) is 7.47. The lowest BCUT2D eigenvalue weighted by Crippen LogP contribution is -2.29. The fraction of sp³-hybridized carbons (Fsp3) is 0.259. The molecule has 196 valence electrons. The Morgan fingerprint density at radius 3 is 2.63 bits per heavy atom. The number of likely N-dealkylation sites (N-methyl/N-ethyl adjacent to an activating group) is 1. The fourth-order valence-electron chi connectivity index (χ4n) is 4.15.